The van der Waals surface area contributed by atoms with E-state index in [1.807, 2.05) is 97.1 Å². The molecule has 38 heavy (non-hydrogen) atoms. The molecule has 0 bridgehead atoms. The number of aryl methyl sites for hydroxylation is 1. The van der Waals surface area contributed by atoms with Crippen LogP contribution in [0, 0.1) is 0 Å². The average Bonchev–Trinajstić information content (AvgIpc) is 2.98. The van der Waals surface area contributed by atoms with Gasteiger partial charge in [0.1, 0.15) is 11.8 Å². The first-order chi connectivity index (χ1) is 18.6. The molecule has 0 saturated carbocycles. The zero-order valence-corrected chi connectivity index (χ0v) is 21.6. The molecule has 0 radical (unpaired) electrons. The third kappa shape index (κ3) is 7.77. The summed E-state index contributed by atoms with van der Waals surface area (Å²) in [6.07, 6.45) is 4.73. The van der Waals surface area contributed by atoms with Gasteiger partial charge in [0.05, 0.1) is 7.11 Å². The fourth-order valence-corrected chi connectivity index (χ4v) is 4.33. The summed E-state index contributed by atoms with van der Waals surface area (Å²) in [5, 5.41) is 3.05. The molecule has 0 aliphatic carbocycles. The highest BCUT2D eigenvalue weighted by molar-refractivity contribution is 5.88. The number of rotatable bonds is 12. The molecule has 1 N–H and O–H groups in total. The molecule has 4 aromatic rings. The average molecular weight is 508 g/mol. The summed E-state index contributed by atoms with van der Waals surface area (Å²) >= 11 is 0. The fraction of sp³-hybridized carbons (Fsp3) is 0.219. The van der Waals surface area contributed by atoms with Crippen LogP contribution in [0.25, 0.3) is 0 Å². The predicted molar refractivity (Wildman–Crippen MR) is 148 cm³/mol. The van der Waals surface area contributed by atoms with Gasteiger partial charge < -0.3 is 15.0 Å². The number of benzene rings is 3. The van der Waals surface area contributed by atoms with Crippen LogP contribution in [0.5, 0.6) is 5.75 Å². The number of ether oxygens (including phenoxy) is 1. The van der Waals surface area contributed by atoms with E-state index in [-0.39, 0.29) is 11.8 Å². The molecular weight excluding hydrogens is 474 g/mol. The van der Waals surface area contributed by atoms with Crippen molar-refractivity contribution in [2.24, 2.45) is 0 Å². The molecule has 6 nitrogen and oxygen atoms in total. The molecule has 1 aromatic heterocycles. The molecule has 0 spiro atoms. The van der Waals surface area contributed by atoms with Crippen LogP contribution in [0.1, 0.15) is 28.7 Å². The monoisotopic (exact) mass is 507 g/mol. The van der Waals surface area contributed by atoms with Crippen LogP contribution in [-0.2, 0) is 35.5 Å². The van der Waals surface area contributed by atoms with Gasteiger partial charge in [-0.2, -0.15) is 0 Å². The van der Waals surface area contributed by atoms with E-state index >= 15 is 0 Å². The smallest absolute Gasteiger partial charge is 0.243 e. The lowest BCUT2D eigenvalue weighted by molar-refractivity contribution is -0.141. The van der Waals surface area contributed by atoms with Crippen molar-refractivity contribution in [2.75, 3.05) is 7.11 Å². The summed E-state index contributed by atoms with van der Waals surface area (Å²) in [4.78, 5) is 33.2. The summed E-state index contributed by atoms with van der Waals surface area (Å²) in [7, 11) is 1.62. The molecule has 3 aromatic carbocycles. The topological polar surface area (TPSA) is 71.5 Å². The molecule has 0 unspecified atom stereocenters. The second-order valence-corrected chi connectivity index (χ2v) is 9.13. The van der Waals surface area contributed by atoms with Crippen LogP contribution < -0.4 is 10.1 Å². The Labute approximate surface area is 224 Å². The van der Waals surface area contributed by atoms with E-state index in [0.717, 1.165) is 28.0 Å². The number of nitrogens with one attached hydrogen (secondary N) is 1. The lowest BCUT2D eigenvalue weighted by Crippen LogP contribution is -2.50. The summed E-state index contributed by atoms with van der Waals surface area (Å²) < 4.78 is 5.30. The molecule has 1 atom stereocenters. The van der Waals surface area contributed by atoms with E-state index < -0.39 is 6.04 Å². The van der Waals surface area contributed by atoms with Crippen LogP contribution in [0.15, 0.2) is 109 Å². The van der Waals surface area contributed by atoms with Gasteiger partial charge in [-0.1, -0.05) is 72.8 Å². The van der Waals surface area contributed by atoms with Crippen LogP contribution in [0.4, 0.5) is 0 Å². The Hall–Kier alpha value is -4.45. The predicted octanol–water partition coefficient (Wildman–Crippen LogP) is 4.98. The maximum absolute atomic E-state index is 13.8. The van der Waals surface area contributed by atoms with Crippen molar-refractivity contribution in [3.05, 3.63) is 132 Å². The van der Waals surface area contributed by atoms with Gasteiger partial charge in [0.25, 0.3) is 0 Å². The van der Waals surface area contributed by atoms with Gasteiger partial charge in [0, 0.05) is 38.3 Å². The number of hydrogen-bond donors (Lipinski definition) is 1. The molecule has 1 heterocycles. The maximum atomic E-state index is 13.8. The number of methoxy groups -OCH3 is 1. The van der Waals surface area contributed by atoms with Crippen molar-refractivity contribution in [1.29, 1.82) is 0 Å². The molecule has 0 aliphatic heterocycles. The SMILES string of the molecule is COc1ccc(CN(C(=O)CCc2ccccc2)[C@@H](Cc2ccccc2)C(=O)NCc2ccncc2)cc1. The largest absolute Gasteiger partial charge is 0.497 e. The first kappa shape index (κ1) is 26.6. The van der Waals surface area contributed by atoms with Crippen molar-refractivity contribution >= 4 is 11.8 Å². The number of aromatic nitrogens is 1. The third-order valence-corrected chi connectivity index (χ3v) is 6.47. The Morgan fingerprint density at radius 3 is 2.05 bits per heavy atom. The molecule has 0 saturated heterocycles. The number of amides is 2. The van der Waals surface area contributed by atoms with E-state index in [9.17, 15) is 9.59 Å². The molecule has 6 heteroatoms. The number of nitrogens with zero attached hydrogens (tertiary/aromatic N) is 2. The van der Waals surface area contributed by atoms with Crippen molar-refractivity contribution in [1.82, 2.24) is 15.2 Å². The summed E-state index contributed by atoms with van der Waals surface area (Å²) in [5.74, 6) is 0.489. The van der Waals surface area contributed by atoms with Crippen molar-refractivity contribution in [3.8, 4) is 5.75 Å². The van der Waals surface area contributed by atoms with E-state index in [1.165, 1.54) is 0 Å². The second-order valence-electron chi connectivity index (χ2n) is 9.13. The summed E-state index contributed by atoms with van der Waals surface area (Å²) in [5.41, 5.74) is 3.96. The van der Waals surface area contributed by atoms with E-state index in [2.05, 4.69) is 10.3 Å². The summed E-state index contributed by atoms with van der Waals surface area (Å²) in [6, 6.07) is 30.4. The zero-order chi connectivity index (χ0) is 26.6. The Morgan fingerprint density at radius 2 is 1.42 bits per heavy atom. The Kier molecular flexibility index (Phi) is 9.63. The van der Waals surface area contributed by atoms with E-state index in [4.69, 9.17) is 4.74 Å². The number of hydrogen-bond acceptors (Lipinski definition) is 4. The maximum Gasteiger partial charge on any atom is 0.243 e. The number of carbonyl (C=O) groups excluding carboxylic acids is 2. The summed E-state index contributed by atoms with van der Waals surface area (Å²) in [6.45, 7) is 0.680. The highest BCUT2D eigenvalue weighted by Gasteiger charge is 2.30. The van der Waals surface area contributed by atoms with Gasteiger partial charge in [-0.05, 0) is 52.9 Å². The Balaban J connectivity index is 1.60. The van der Waals surface area contributed by atoms with Crippen LogP contribution >= 0.6 is 0 Å². The first-order valence-electron chi connectivity index (χ1n) is 12.8. The van der Waals surface area contributed by atoms with Crippen molar-refractivity contribution in [3.63, 3.8) is 0 Å². The molecule has 2 amide bonds. The highest BCUT2D eigenvalue weighted by Crippen LogP contribution is 2.19. The second kappa shape index (κ2) is 13.7. The third-order valence-electron chi connectivity index (χ3n) is 6.47. The normalized spacial score (nSPS) is 11.4. The minimum atomic E-state index is -0.676. The molecule has 0 fully saturated rings. The highest BCUT2D eigenvalue weighted by atomic mass is 16.5. The molecular formula is C32H33N3O3. The van der Waals surface area contributed by atoms with Crippen LogP contribution in [0.3, 0.4) is 0 Å². The lowest BCUT2D eigenvalue weighted by Gasteiger charge is -2.32. The van der Waals surface area contributed by atoms with Crippen molar-refractivity contribution in [2.45, 2.75) is 38.4 Å². The minimum absolute atomic E-state index is 0.0651. The lowest BCUT2D eigenvalue weighted by atomic mass is 10.0. The first-order valence-corrected chi connectivity index (χ1v) is 12.8. The minimum Gasteiger partial charge on any atom is -0.497 e. The van der Waals surface area contributed by atoms with Gasteiger partial charge in [0.15, 0.2) is 0 Å². The number of carbonyl (C=O) groups is 2. The van der Waals surface area contributed by atoms with Crippen molar-refractivity contribution < 1.29 is 14.3 Å². The molecule has 0 aliphatic rings. The van der Waals surface area contributed by atoms with Crippen LogP contribution in [-0.4, -0.2) is 34.8 Å². The van der Waals surface area contributed by atoms with Gasteiger partial charge >= 0.3 is 0 Å². The number of pyridine rings is 1. The standard InChI is InChI=1S/C32H33N3O3/c1-38-29-15-12-28(13-16-29)24-35(31(36)17-14-25-8-4-2-5-9-25)30(22-26-10-6-3-7-11-26)32(37)34-23-27-18-20-33-21-19-27/h2-13,15-16,18-21,30H,14,17,22-24H2,1H3,(H,34,37)/t30-/m0/s1. The zero-order valence-electron chi connectivity index (χ0n) is 21.6. The fourth-order valence-electron chi connectivity index (χ4n) is 4.33. The van der Waals surface area contributed by atoms with E-state index in [0.29, 0.717) is 32.4 Å². The van der Waals surface area contributed by atoms with Gasteiger partial charge in [0.2, 0.25) is 11.8 Å². The van der Waals surface area contributed by atoms with E-state index in [1.54, 1.807) is 24.4 Å². The quantitative estimate of drug-likeness (QED) is 0.294. The Bertz CT molecular complexity index is 1280. The molecule has 194 valence electrons. The Morgan fingerprint density at radius 1 is 0.789 bits per heavy atom. The van der Waals surface area contributed by atoms with Gasteiger partial charge in [-0.25, -0.2) is 0 Å². The van der Waals surface area contributed by atoms with Crippen LogP contribution in [0.2, 0.25) is 0 Å². The molecule has 4 rings (SSSR count). The van der Waals surface area contributed by atoms with Gasteiger partial charge in [-0.15, -0.1) is 0 Å². The van der Waals surface area contributed by atoms with Gasteiger partial charge in [-0.3, -0.25) is 14.6 Å².